The summed E-state index contributed by atoms with van der Waals surface area (Å²) in [6.07, 6.45) is 9.09. The zero-order chi connectivity index (χ0) is 36.2. The van der Waals surface area contributed by atoms with Gasteiger partial charge in [-0.2, -0.15) is 0 Å². The summed E-state index contributed by atoms with van der Waals surface area (Å²) in [6, 6.07) is 32.2. The molecule has 0 aliphatic heterocycles. The van der Waals surface area contributed by atoms with Crippen molar-refractivity contribution in [3.05, 3.63) is 129 Å². The molecule has 0 fully saturated rings. The first-order valence-corrected chi connectivity index (χ1v) is 35.2. The van der Waals surface area contributed by atoms with Crippen LogP contribution in [0.5, 0.6) is 0 Å². The number of hydrogen-bond acceptors (Lipinski definition) is 0. The molecule has 0 radical (unpaired) electrons. The Labute approximate surface area is 312 Å². The summed E-state index contributed by atoms with van der Waals surface area (Å²) in [5, 5.41) is 0. The number of fused-ring (bicyclic) bond motifs is 2. The second kappa shape index (κ2) is 13.8. The van der Waals surface area contributed by atoms with E-state index in [0.717, 1.165) is 25.7 Å². The fourth-order valence-corrected chi connectivity index (χ4v) is 40.2. The maximum absolute atomic E-state index is 8.88. The van der Waals surface area contributed by atoms with Gasteiger partial charge in [0.1, 0.15) is 0 Å². The molecule has 0 bridgehead atoms. The standard InChI is InChI=1S/2C22H25.C2H7Si.2ClH.Zr/c2*1-5-16-9-11-18(12-10-16)20-8-6-7-19-13-17(14-21(19)20)15-22(2,3)4;1-3-2;;;/h2*6-14H,5,15H2,1-4H3;3H,1-2H3;2*1H;/q;;;;;+2/p-2. The van der Waals surface area contributed by atoms with Crippen LogP contribution >= 0.6 is 17.0 Å². The van der Waals surface area contributed by atoms with Gasteiger partial charge in [0, 0.05) is 0 Å². The van der Waals surface area contributed by atoms with Crippen molar-refractivity contribution in [2.45, 2.75) is 101 Å². The van der Waals surface area contributed by atoms with Crippen molar-refractivity contribution in [1.82, 2.24) is 0 Å². The normalized spacial score (nSPS) is 18.4. The summed E-state index contributed by atoms with van der Waals surface area (Å²) in [4.78, 5) is 0. The van der Waals surface area contributed by atoms with Gasteiger partial charge in [-0.3, -0.25) is 0 Å². The molecule has 0 saturated carbocycles. The monoisotopic (exact) mass is 797 g/mol. The van der Waals surface area contributed by atoms with E-state index in [1.807, 2.05) is 0 Å². The third kappa shape index (κ3) is 6.94. The van der Waals surface area contributed by atoms with Crippen LogP contribution in [0.15, 0.2) is 96.1 Å². The molecule has 2 atom stereocenters. The van der Waals surface area contributed by atoms with Crippen molar-refractivity contribution in [2.24, 2.45) is 10.8 Å². The van der Waals surface area contributed by atoms with Gasteiger partial charge in [0.15, 0.2) is 0 Å². The number of benzene rings is 4. The topological polar surface area (TPSA) is 0 Å². The van der Waals surface area contributed by atoms with Crippen LogP contribution in [0.25, 0.3) is 34.4 Å². The summed E-state index contributed by atoms with van der Waals surface area (Å²) in [7, 11) is 17.8. The zero-order valence-corrected chi connectivity index (χ0v) is 37.2. The molecule has 2 aliphatic carbocycles. The van der Waals surface area contributed by atoms with E-state index in [0.29, 0.717) is 0 Å². The summed E-state index contributed by atoms with van der Waals surface area (Å²) < 4.78 is 0.143. The first kappa shape index (κ1) is 37.8. The summed E-state index contributed by atoms with van der Waals surface area (Å²) in [6.45, 7) is 23.6. The Morgan fingerprint density at radius 2 is 0.920 bits per heavy atom. The van der Waals surface area contributed by atoms with Crippen LogP contribution in [-0.4, -0.2) is 5.92 Å². The molecule has 0 amide bonds. The Bertz CT molecular complexity index is 1810. The van der Waals surface area contributed by atoms with E-state index >= 15 is 0 Å². The predicted octanol–water partition coefficient (Wildman–Crippen LogP) is 14.6. The van der Waals surface area contributed by atoms with Gasteiger partial charge in [-0.25, -0.2) is 0 Å². The SMILES string of the molecule is CCc1ccc(-c2cccc3c2C=C(CC(C)(C)C)[CH]3[Zr]([Cl])([Cl])([CH]2C(CC(C)(C)C)=Cc3c(-c4ccc(CC)cc4)cccc32)[SiH](C)C)cc1. The molecule has 263 valence electrons. The molecule has 0 aromatic heterocycles. The minimum absolute atomic E-state index is 0.0716. The summed E-state index contributed by atoms with van der Waals surface area (Å²) in [5.74, 6) is -1.69. The third-order valence-corrected chi connectivity index (χ3v) is 63.2. The second-order valence-corrected chi connectivity index (χ2v) is 60.4. The van der Waals surface area contributed by atoms with E-state index in [4.69, 9.17) is 17.0 Å². The third-order valence-electron chi connectivity index (χ3n) is 11.3. The number of hydrogen-bond donors (Lipinski definition) is 0. The van der Waals surface area contributed by atoms with Gasteiger partial charge in [-0.1, -0.05) is 0 Å². The summed E-state index contributed by atoms with van der Waals surface area (Å²) in [5.41, 5.74) is 16.4. The van der Waals surface area contributed by atoms with Gasteiger partial charge in [-0.15, -0.1) is 0 Å². The molecule has 2 unspecified atom stereocenters. The van der Waals surface area contributed by atoms with Crippen LogP contribution in [0.3, 0.4) is 0 Å². The maximum atomic E-state index is 8.88. The van der Waals surface area contributed by atoms with Gasteiger partial charge >= 0.3 is 315 Å². The van der Waals surface area contributed by atoms with Crippen LogP contribution in [0.1, 0.15) is 109 Å². The molecule has 0 nitrogen and oxygen atoms in total. The Balaban J connectivity index is 1.61. The van der Waals surface area contributed by atoms with E-state index in [1.165, 1.54) is 66.8 Å². The van der Waals surface area contributed by atoms with Crippen LogP contribution < -0.4 is 0 Å². The fourth-order valence-electron chi connectivity index (χ4n) is 8.94. The first-order valence-electron chi connectivity index (χ1n) is 18.9. The molecule has 6 rings (SSSR count). The Morgan fingerprint density at radius 3 is 1.22 bits per heavy atom. The molecule has 0 saturated heterocycles. The molecule has 4 heteroatoms. The average molecular weight is 800 g/mol. The molecule has 50 heavy (non-hydrogen) atoms. The van der Waals surface area contributed by atoms with E-state index in [1.54, 1.807) is 0 Å². The van der Waals surface area contributed by atoms with Crippen LogP contribution in [-0.2, 0) is 28.4 Å². The van der Waals surface area contributed by atoms with Gasteiger partial charge in [0.25, 0.3) is 0 Å². The van der Waals surface area contributed by atoms with Crippen LogP contribution in [0.4, 0.5) is 0 Å². The molecule has 0 spiro atoms. The molecular formula is C46H57Cl2SiZr. The van der Waals surface area contributed by atoms with Gasteiger partial charge in [0.2, 0.25) is 0 Å². The Hall–Kier alpha value is -1.96. The number of rotatable bonds is 9. The minimum atomic E-state index is -4.96. The molecular weight excluding hydrogens is 743 g/mol. The van der Waals surface area contributed by atoms with Crippen molar-refractivity contribution in [3.8, 4) is 22.3 Å². The molecule has 2 aliphatic rings. The summed E-state index contributed by atoms with van der Waals surface area (Å²) >= 11 is -4.96. The van der Waals surface area contributed by atoms with Crippen LogP contribution in [0.2, 0.25) is 13.1 Å². The first-order chi connectivity index (χ1) is 23.4. The van der Waals surface area contributed by atoms with Gasteiger partial charge in [-0.05, 0) is 0 Å². The van der Waals surface area contributed by atoms with Crippen molar-refractivity contribution < 1.29 is 15.6 Å². The van der Waals surface area contributed by atoms with Crippen molar-refractivity contribution in [3.63, 3.8) is 0 Å². The number of halogens is 2. The predicted molar refractivity (Wildman–Crippen MR) is 223 cm³/mol. The number of aryl methyl sites for hydroxylation is 2. The van der Waals surface area contributed by atoms with Crippen molar-refractivity contribution in [2.75, 3.05) is 0 Å². The second-order valence-electron chi connectivity index (χ2n) is 17.9. The van der Waals surface area contributed by atoms with Gasteiger partial charge in [0.05, 0.1) is 0 Å². The molecule has 0 N–H and O–H groups in total. The Kier molecular flexibility index (Phi) is 10.4. The number of allylic oxidation sites excluding steroid dienone is 2. The Morgan fingerprint density at radius 1 is 0.560 bits per heavy atom. The fraction of sp³-hybridized carbons (Fsp3) is 0.391. The van der Waals surface area contributed by atoms with Crippen LogP contribution in [0, 0.1) is 10.8 Å². The van der Waals surface area contributed by atoms with E-state index in [9.17, 15) is 0 Å². The van der Waals surface area contributed by atoms with Crippen molar-refractivity contribution in [1.29, 1.82) is 0 Å². The van der Waals surface area contributed by atoms with E-state index < -0.39 is 21.5 Å². The van der Waals surface area contributed by atoms with Crippen molar-refractivity contribution >= 4 is 35.1 Å². The average Bonchev–Trinajstić information content (AvgIpc) is 3.61. The quantitative estimate of drug-likeness (QED) is 0.148. The molecule has 4 aromatic carbocycles. The molecule has 4 aromatic rings. The van der Waals surface area contributed by atoms with E-state index in [2.05, 4.69) is 166 Å². The zero-order valence-electron chi connectivity index (χ0n) is 32.1. The molecule has 0 heterocycles. The van der Waals surface area contributed by atoms with Gasteiger partial charge < -0.3 is 0 Å². The van der Waals surface area contributed by atoms with E-state index in [-0.39, 0.29) is 18.1 Å².